The Bertz CT molecular complexity index is 1170. The minimum absolute atomic E-state index is 0.140. The summed E-state index contributed by atoms with van der Waals surface area (Å²) in [6.45, 7) is 1.77. The van der Waals surface area contributed by atoms with Crippen molar-refractivity contribution < 1.29 is 27.9 Å². The Hall–Kier alpha value is -3.82. The van der Waals surface area contributed by atoms with Crippen molar-refractivity contribution in [2.24, 2.45) is 11.8 Å². The highest BCUT2D eigenvalue weighted by Gasteiger charge is 2.29. The van der Waals surface area contributed by atoms with Crippen molar-refractivity contribution in [2.75, 3.05) is 10.6 Å². The first-order valence-corrected chi connectivity index (χ1v) is 11.0. The van der Waals surface area contributed by atoms with E-state index in [9.17, 15) is 23.5 Å². The number of aromatic nitrogens is 2. The van der Waals surface area contributed by atoms with Crippen molar-refractivity contribution in [1.29, 1.82) is 0 Å². The van der Waals surface area contributed by atoms with Crippen molar-refractivity contribution in [2.45, 2.75) is 38.5 Å². The van der Waals surface area contributed by atoms with E-state index < -0.39 is 23.5 Å². The fraction of sp³-hybridized carbons (Fsp3) is 0.333. The third-order valence-electron chi connectivity index (χ3n) is 6.30. The molecule has 3 aromatic rings. The maximum Gasteiger partial charge on any atom is 0.320 e. The smallest absolute Gasteiger partial charge is 0.320 e. The summed E-state index contributed by atoms with van der Waals surface area (Å²) in [5.74, 6) is -3.41. The number of hydrogen-bond donors (Lipinski definition) is 3. The summed E-state index contributed by atoms with van der Waals surface area (Å²) in [4.78, 5) is 23.6. The number of nitrogens with zero attached hydrogens (tertiary/aromatic N) is 2. The van der Waals surface area contributed by atoms with Crippen LogP contribution in [0.2, 0.25) is 0 Å². The van der Waals surface area contributed by atoms with Crippen molar-refractivity contribution in [3.63, 3.8) is 0 Å². The van der Waals surface area contributed by atoms with Crippen molar-refractivity contribution in [3.05, 3.63) is 65.6 Å². The number of hydrogen-bond acceptors (Lipinski definition) is 6. The highest BCUT2D eigenvalue weighted by atomic mass is 19.2. The van der Waals surface area contributed by atoms with Crippen LogP contribution in [0, 0.1) is 23.5 Å². The van der Waals surface area contributed by atoms with Crippen LogP contribution in [0.4, 0.5) is 26.2 Å². The molecule has 0 aliphatic heterocycles. The topological polar surface area (TPSA) is 117 Å². The summed E-state index contributed by atoms with van der Waals surface area (Å²) in [6, 6.07) is 10.5. The molecule has 1 saturated carbocycles. The molecule has 1 fully saturated rings. The molecule has 0 spiro atoms. The average Bonchev–Trinajstić information content (AvgIpc) is 3.30. The lowest BCUT2D eigenvalue weighted by molar-refractivity contribution is -0.143. The lowest BCUT2D eigenvalue weighted by atomic mass is 9.74. The van der Waals surface area contributed by atoms with Gasteiger partial charge in [-0.25, -0.2) is 8.78 Å². The van der Waals surface area contributed by atoms with Crippen molar-refractivity contribution in [3.8, 4) is 0 Å². The summed E-state index contributed by atoms with van der Waals surface area (Å²) >= 11 is 0. The average molecular weight is 470 g/mol. The van der Waals surface area contributed by atoms with Crippen LogP contribution in [0.1, 0.15) is 54.8 Å². The summed E-state index contributed by atoms with van der Waals surface area (Å²) in [7, 11) is 0. The molecule has 178 valence electrons. The lowest BCUT2D eigenvalue weighted by Gasteiger charge is -2.31. The van der Waals surface area contributed by atoms with Gasteiger partial charge in [-0.2, -0.15) is 0 Å². The minimum atomic E-state index is -1.03. The van der Waals surface area contributed by atoms with Crippen LogP contribution in [0.3, 0.4) is 0 Å². The molecule has 0 unspecified atom stereocenters. The lowest BCUT2D eigenvalue weighted by Crippen LogP contribution is -2.24. The first kappa shape index (κ1) is 23.3. The Morgan fingerprint density at radius 2 is 1.68 bits per heavy atom. The predicted octanol–water partition coefficient (Wildman–Crippen LogP) is 5.34. The van der Waals surface area contributed by atoms with Gasteiger partial charge in [0.25, 0.3) is 0 Å². The van der Waals surface area contributed by atoms with E-state index in [1.54, 1.807) is 19.1 Å². The van der Waals surface area contributed by atoms with E-state index in [1.807, 2.05) is 12.1 Å². The molecule has 1 heterocycles. The van der Waals surface area contributed by atoms with Crippen molar-refractivity contribution in [1.82, 2.24) is 10.2 Å². The zero-order chi connectivity index (χ0) is 24.2. The SMILES string of the molecule is C[C@@H](C(=O)O)[C@H]1CC[C@H](c2ccc(NC(=O)c3nnc(Nc4ccc(F)c(F)c4)o3)cc2)CC1. The second-order valence-corrected chi connectivity index (χ2v) is 8.48. The Labute approximate surface area is 194 Å². The number of nitrogens with one attached hydrogen (secondary N) is 2. The second kappa shape index (κ2) is 9.98. The number of benzene rings is 2. The molecule has 0 saturated heterocycles. The van der Waals surface area contributed by atoms with Gasteiger partial charge in [0.05, 0.1) is 5.92 Å². The number of carboxylic acids is 1. The molecular weight excluding hydrogens is 446 g/mol. The van der Waals surface area contributed by atoms with E-state index in [2.05, 4.69) is 20.8 Å². The summed E-state index contributed by atoms with van der Waals surface area (Å²) < 4.78 is 31.6. The second-order valence-electron chi connectivity index (χ2n) is 8.48. The van der Waals surface area contributed by atoms with Gasteiger partial charge in [-0.3, -0.25) is 9.59 Å². The fourth-order valence-electron chi connectivity index (χ4n) is 4.24. The summed E-state index contributed by atoms with van der Waals surface area (Å²) in [5, 5.41) is 21.9. The first-order valence-electron chi connectivity index (χ1n) is 11.0. The first-order chi connectivity index (χ1) is 16.3. The van der Waals surface area contributed by atoms with E-state index in [1.165, 1.54) is 6.07 Å². The number of carbonyl (C=O) groups excluding carboxylic acids is 1. The van der Waals surface area contributed by atoms with Crippen molar-refractivity contribution >= 4 is 29.3 Å². The molecule has 2 aromatic carbocycles. The van der Waals surface area contributed by atoms with Gasteiger partial charge in [0.15, 0.2) is 11.6 Å². The molecular formula is C24H24F2N4O4. The van der Waals surface area contributed by atoms with E-state index in [0.29, 0.717) is 11.6 Å². The number of rotatable bonds is 7. The molecule has 1 aromatic heterocycles. The molecule has 1 aliphatic rings. The third-order valence-corrected chi connectivity index (χ3v) is 6.30. The molecule has 1 aliphatic carbocycles. The zero-order valence-electron chi connectivity index (χ0n) is 18.4. The van der Waals surface area contributed by atoms with Crippen LogP contribution < -0.4 is 10.6 Å². The molecule has 34 heavy (non-hydrogen) atoms. The normalized spacial score (nSPS) is 18.8. The van der Waals surface area contributed by atoms with E-state index in [0.717, 1.165) is 43.4 Å². The maximum atomic E-state index is 13.3. The molecule has 1 atom stereocenters. The van der Waals surface area contributed by atoms with Crippen LogP contribution in [-0.2, 0) is 4.79 Å². The fourth-order valence-corrected chi connectivity index (χ4v) is 4.24. The summed E-state index contributed by atoms with van der Waals surface area (Å²) in [5.41, 5.74) is 1.89. The zero-order valence-corrected chi connectivity index (χ0v) is 18.4. The van der Waals surface area contributed by atoms with Gasteiger partial charge in [0.1, 0.15) is 0 Å². The number of carbonyl (C=O) groups is 2. The molecule has 3 N–H and O–H groups in total. The Morgan fingerprint density at radius 1 is 1.00 bits per heavy atom. The van der Waals surface area contributed by atoms with Crippen LogP contribution in [0.25, 0.3) is 0 Å². The van der Waals surface area contributed by atoms with Gasteiger partial charge >= 0.3 is 23.8 Å². The van der Waals surface area contributed by atoms with Gasteiger partial charge < -0.3 is 20.2 Å². The highest BCUT2D eigenvalue weighted by Crippen LogP contribution is 2.39. The summed E-state index contributed by atoms with van der Waals surface area (Å²) in [6.07, 6.45) is 3.64. The molecule has 0 radical (unpaired) electrons. The van der Waals surface area contributed by atoms with Gasteiger partial charge in [-0.1, -0.05) is 24.2 Å². The maximum absolute atomic E-state index is 13.3. The van der Waals surface area contributed by atoms with Crippen LogP contribution >= 0.6 is 0 Å². The van der Waals surface area contributed by atoms with E-state index in [-0.39, 0.29) is 29.4 Å². The quantitative estimate of drug-likeness (QED) is 0.427. The third kappa shape index (κ3) is 5.38. The highest BCUT2D eigenvalue weighted by molar-refractivity contribution is 6.00. The van der Waals surface area contributed by atoms with E-state index >= 15 is 0 Å². The number of amides is 1. The number of anilines is 3. The standard InChI is InChI=1S/C24H24F2N4O4/c1-13(23(32)33)14-2-4-15(5-3-14)16-6-8-17(9-7-16)27-21(31)22-29-30-24(34-22)28-18-10-11-19(25)20(26)12-18/h6-15H,2-5H2,1H3,(H,27,31)(H,28,30)(H,32,33)/t13-,14-,15-/m1/s1. The van der Waals surface area contributed by atoms with Gasteiger partial charge in [-0.05, 0) is 67.3 Å². The molecule has 0 bridgehead atoms. The Morgan fingerprint density at radius 3 is 2.32 bits per heavy atom. The molecule has 4 rings (SSSR count). The van der Waals surface area contributed by atoms with Gasteiger partial charge in [0, 0.05) is 17.4 Å². The number of carboxylic acid groups (broad SMARTS) is 1. The largest absolute Gasteiger partial charge is 0.481 e. The number of aliphatic carboxylic acids is 1. The number of halogens is 2. The molecule has 10 heteroatoms. The van der Waals surface area contributed by atoms with Crippen LogP contribution in [0.5, 0.6) is 0 Å². The molecule has 8 nitrogen and oxygen atoms in total. The van der Waals surface area contributed by atoms with Crippen LogP contribution in [-0.4, -0.2) is 27.2 Å². The van der Waals surface area contributed by atoms with Crippen LogP contribution in [0.15, 0.2) is 46.9 Å². The Balaban J connectivity index is 1.32. The van der Waals surface area contributed by atoms with Gasteiger partial charge in [0.2, 0.25) is 0 Å². The Kier molecular flexibility index (Phi) is 6.85. The minimum Gasteiger partial charge on any atom is -0.481 e. The molecule has 1 amide bonds. The monoisotopic (exact) mass is 470 g/mol. The van der Waals surface area contributed by atoms with Gasteiger partial charge in [-0.15, -0.1) is 5.10 Å². The van der Waals surface area contributed by atoms with E-state index in [4.69, 9.17) is 4.42 Å². The predicted molar refractivity (Wildman–Crippen MR) is 120 cm³/mol.